The maximum absolute atomic E-state index is 3.90. The molecule has 0 aliphatic heterocycles. The fourth-order valence-electron chi connectivity index (χ4n) is 3.79. The van der Waals surface area contributed by atoms with Crippen molar-refractivity contribution in [2.45, 2.75) is 90.6 Å². The summed E-state index contributed by atoms with van der Waals surface area (Å²) in [5.41, 5.74) is 0. The fraction of sp³-hybridized carbons (Fsp3) is 1.00. The number of nitrogens with one attached hydrogen (secondary N) is 1. The van der Waals surface area contributed by atoms with Gasteiger partial charge < -0.3 is 5.32 Å². The molecule has 0 saturated heterocycles. The molecule has 2 nitrogen and oxygen atoms in total. The van der Waals surface area contributed by atoms with E-state index in [1.54, 1.807) is 0 Å². The van der Waals surface area contributed by atoms with E-state index in [0.717, 1.165) is 23.9 Å². The molecule has 1 unspecified atom stereocenters. The Balaban J connectivity index is 1.87. The van der Waals surface area contributed by atoms with E-state index < -0.39 is 0 Å². The van der Waals surface area contributed by atoms with Gasteiger partial charge in [0.25, 0.3) is 0 Å². The topological polar surface area (TPSA) is 15.3 Å². The Morgan fingerprint density at radius 1 is 1.05 bits per heavy atom. The molecule has 0 aromatic carbocycles. The summed E-state index contributed by atoms with van der Waals surface area (Å²) in [7, 11) is 0. The van der Waals surface area contributed by atoms with Gasteiger partial charge in [-0.2, -0.15) is 0 Å². The second-order valence-corrected chi connectivity index (χ2v) is 7.87. The largest absolute Gasteiger partial charge is 0.312 e. The molecule has 2 heteroatoms. The number of rotatable bonds is 10. The average molecular weight is 295 g/mol. The molecule has 0 aromatic rings. The van der Waals surface area contributed by atoms with Crippen LogP contribution in [0.2, 0.25) is 0 Å². The first kappa shape index (κ1) is 17.3. The first-order chi connectivity index (χ1) is 10.2. The van der Waals surface area contributed by atoms with Crippen molar-refractivity contribution in [3.05, 3.63) is 0 Å². The van der Waals surface area contributed by atoms with Crippen LogP contribution in [-0.4, -0.2) is 36.6 Å². The van der Waals surface area contributed by atoms with Crippen LogP contribution in [-0.2, 0) is 0 Å². The lowest BCUT2D eigenvalue weighted by atomic mass is 9.83. The maximum atomic E-state index is 3.90. The van der Waals surface area contributed by atoms with E-state index in [1.165, 1.54) is 77.4 Å². The second-order valence-electron chi connectivity index (χ2n) is 7.87. The average Bonchev–Trinajstić information content (AvgIpc) is 3.32. The van der Waals surface area contributed by atoms with Crippen molar-refractivity contribution in [3.63, 3.8) is 0 Å². The molecule has 0 spiro atoms. The van der Waals surface area contributed by atoms with Gasteiger partial charge in [0.05, 0.1) is 0 Å². The Morgan fingerprint density at radius 3 is 2.33 bits per heavy atom. The van der Waals surface area contributed by atoms with E-state index in [-0.39, 0.29) is 0 Å². The summed E-state index contributed by atoms with van der Waals surface area (Å²) in [5.74, 6) is 1.77. The van der Waals surface area contributed by atoms with Crippen molar-refractivity contribution >= 4 is 0 Å². The number of hydrogen-bond donors (Lipinski definition) is 1. The van der Waals surface area contributed by atoms with Gasteiger partial charge in [0.15, 0.2) is 0 Å². The highest BCUT2D eigenvalue weighted by molar-refractivity contribution is 4.89. The van der Waals surface area contributed by atoms with Crippen LogP contribution < -0.4 is 5.32 Å². The van der Waals surface area contributed by atoms with Crippen LogP contribution in [0, 0.1) is 11.8 Å². The molecule has 0 bridgehead atoms. The molecule has 2 aliphatic rings. The lowest BCUT2D eigenvalue weighted by Crippen LogP contribution is -2.47. The zero-order valence-electron chi connectivity index (χ0n) is 14.7. The predicted molar refractivity (Wildman–Crippen MR) is 92.7 cm³/mol. The van der Waals surface area contributed by atoms with Gasteiger partial charge in [0, 0.05) is 18.6 Å². The van der Waals surface area contributed by atoms with Crippen molar-refractivity contribution < 1.29 is 0 Å². The van der Waals surface area contributed by atoms with Crippen molar-refractivity contribution in [3.8, 4) is 0 Å². The molecule has 2 fully saturated rings. The second kappa shape index (κ2) is 9.15. The van der Waals surface area contributed by atoms with Crippen LogP contribution in [0.1, 0.15) is 78.6 Å². The Labute approximate surface area is 133 Å². The van der Waals surface area contributed by atoms with Gasteiger partial charge in [-0.25, -0.2) is 0 Å². The smallest absolute Gasteiger partial charge is 0.0223 e. The molecular formula is C19H38N2. The van der Waals surface area contributed by atoms with Crippen molar-refractivity contribution in [1.82, 2.24) is 10.2 Å². The molecule has 2 saturated carbocycles. The van der Waals surface area contributed by atoms with E-state index in [1.807, 2.05) is 0 Å². The van der Waals surface area contributed by atoms with Gasteiger partial charge in [0.2, 0.25) is 0 Å². The van der Waals surface area contributed by atoms with Crippen LogP contribution in [0.3, 0.4) is 0 Å². The minimum absolute atomic E-state index is 0.748. The van der Waals surface area contributed by atoms with Crippen molar-refractivity contribution in [2.24, 2.45) is 11.8 Å². The van der Waals surface area contributed by atoms with E-state index >= 15 is 0 Å². The quantitative estimate of drug-likeness (QED) is 0.640. The van der Waals surface area contributed by atoms with Gasteiger partial charge in [-0.15, -0.1) is 0 Å². The number of nitrogens with zero attached hydrogens (tertiary/aromatic N) is 1. The molecule has 0 amide bonds. The van der Waals surface area contributed by atoms with E-state index in [4.69, 9.17) is 0 Å². The molecule has 1 N–H and O–H groups in total. The molecule has 21 heavy (non-hydrogen) atoms. The summed E-state index contributed by atoms with van der Waals surface area (Å²) in [5, 5.41) is 3.90. The SMILES string of the molecule is CCCNC(CN(CCC(C)C)C1CC1)C1CCCCC1. The summed E-state index contributed by atoms with van der Waals surface area (Å²) in [6, 6.07) is 1.66. The summed E-state index contributed by atoms with van der Waals surface area (Å²) >= 11 is 0. The standard InChI is InChI=1S/C19H38N2/c1-4-13-20-19(17-8-6-5-7-9-17)15-21(18-10-11-18)14-12-16(2)3/h16-20H,4-15H2,1-3H3. The third-order valence-corrected chi connectivity index (χ3v) is 5.36. The van der Waals surface area contributed by atoms with Crippen LogP contribution in [0.5, 0.6) is 0 Å². The lowest BCUT2D eigenvalue weighted by Gasteiger charge is -2.35. The highest BCUT2D eigenvalue weighted by Crippen LogP contribution is 2.31. The monoisotopic (exact) mass is 294 g/mol. The summed E-state index contributed by atoms with van der Waals surface area (Å²) in [6.07, 6.45) is 12.8. The Morgan fingerprint density at radius 2 is 1.76 bits per heavy atom. The molecule has 2 aliphatic carbocycles. The molecular weight excluding hydrogens is 256 g/mol. The molecule has 0 heterocycles. The van der Waals surface area contributed by atoms with E-state index in [0.29, 0.717) is 0 Å². The molecule has 0 aromatic heterocycles. The Hall–Kier alpha value is -0.0800. The molecule has 124 valence electrons. The minimum atomic E-state index is 0.748. The van der Waals surface area contributed by atoms with E-state index in [9.17, 15) is 0 Å². The van der Waals surface area contributed by atoms with Gasteiger partial charge in [0.1, 0.15) is 0 Å². The van der Waals surface area contributed by atoms with Crippen LogP contribution in [0.15, 0.2) is 0 Å². The van der Waals surface area contributed by atoms with Gasteiger partial charge in [-0.1, -0.05) is 40.0 Å². The molecule has 0 radical (unpaired) electrons. The third kappa shape index (κ3) is 6.28. The molecule has 2 rings (SSSR count). The van der Waals surface area contributed by atoms with Crippen LogP contribution in [0.4, 0.5) is 0 Å². The van der Waals surface area contributed by atoms with Crippen LogP contribution in [0.25, 0.3) is 0 Å². The first-order valence-electron chi connectivity index (χ1n) is 9.68. The zero-order chi connectivity index (χ0) is 15.1. The zero-order valence-corrected chi connectivity index (χ0v) is 14.7. The lowest BCUT2D eigenvalue weighted by molar-refractivity contribution is 0.171. The highest BCUT2D eigenvalue weighted by Gasteiger charge is 2.32. The maximum Gasteiger partial charge on any atom is 0.0223 e. The number of hydrogen-bond acceptors (Lipinski definition) is 2. The van der Waals surface area contributed by atoms with Crippen molar-refractivity contribution in [1.29, 1.82) is 0 Å². The third-order valence-electron chi connectivity index (χ3n) is 5.36. The molecule has 1 atom stereocenters. The van der Waals surface area contributed by atoms with Crippen LogP contribution >= 0.6 is 0 Å². The summed E-state index contributed by atoms with van der Waals surface area (Å²) < 4.78 is 0. The van der Waals surface area contributed by atoms with Gasteiger partial charge in [-0.05, 0) is 63.5 Å². The minimum Gasteiger partial charge on any atom is -0.312 e. The fourth-order valence-corrected chi connectivity index (χ4v) is 3.79. The Bertz CT molecular complexity index is 267. The summed E-state index contributed by atoms with van der Waals surface area (Å²) in [4.78, 5) is 2.82. The normalized spacial score (nSPS) is 22.1. The van der Waals surface area contributed by atoms with Crippen molar-refractivity contribution in [2.75, 3.05) is 19.6 Å². The predicted octanol–water partition coefficient (Wildman–Crippen LogP) is 4.45. The highest BCUT2D eigenvalue weighted by atomic mass is 15.2. The first-order valence-corrected chi connectivity index (χ1v) is 9.68. The Kier molecular flexibility index (Phi) is 7.53. The van der Waals surface area contributed by atoms with Gasteiger partial charge >= 0.3 is 0 Å². The van der Waals surface area contributed by atoms with Gasteiger partial charge in [-0.3, -0.25) is 4.90 Å². The van der Waals surface area contributed by atoms with E-state index in [2.05, 4.69) is 31.0 Å². The summed E-state index contributed by atoms with van der Waals surface area (Å²) in [6.45, 7) is 10.8.